The highest BCUT2D eigenvalue weighted by Gasteiger charge is 2.08. The fraction of sp³-hybridized carbons (Fsp3) is 0.222. The van der Waals surface area contributed by atoms with Gasteiger partial charge in [0.1, 0.15) is 0 Å². The van der Waals surface area contributed by atoms with Crippen molar-refractivity contribution in [2.24, 2.45) is 7.05 Å². The van der Waals surface area contributed by atoms with Crippen LogP contribution in [0, 0.1) is 11.3 Å². The summed E-state index contributed by atoms with van der Waals surface area (Å²) in [6.07, 6.45) is 3.97. The van der Waals surface area contributed by atoms with Gasteiger partial charge in [-0.25, -0.2) is 9.97 Å². The van der Waals surface area contributed by atoms with E-state index in [1.165, 1.54) is 11.3 Å². The van der Waals surface area contributed by atoms with Gasteiger partial charge in [0.2, 0.25) is 0 Å². The van der Waals surface area contributed by atoms with Gasteiger partial charge in [0.05, 0.1) is 18.2 Å². The summed E-state index contributed by atoms with van der Waals surface area (Å²) >= 11 is 1.52. The van der Waals surface area contributed by atoms with Gasteiger partial charge in [-0.15, -0.1) is 11.3 Å². The zero-order valence-corrected chi connectivity index (χ0v) is 8.45. The number of thiazole rings is 1. The van der Waals surface area contributed by atoms with Crippen molar-refractivity contribution in [1.82, 2.24) is 14.5 Å². The Morgan fingerprint density at radius 3 is 3.14 bits per heavy atom. The highest BCUT2D eigenvalue weighted by atomic mass is 32.1. The normalized spacial score (nSPS) is 10.0. The molecule has 4 nitrogen and oxygen atoms in total. The summed E-state index contributed by atoms with van der Waals surface area (Å²) in [6.45, 7) is 0. The van der Waals surface area contributed by atoms with E-state index in [4.69, 9.17) is 5.26 Å². The fourth-order valence-electron chi connectivity index (χ4n) is 1.14. The lowest BCUT2D eigenvalue weighted by molar-refractivity contribution is 0.920. The lowest BCUT2D eigenvalue weighted by Crippen LogP contribution is -1.91. The van der Waals surface area contributed by atoms with Crippen LogP contribution in [0.3, 0.4) is 0 Å². The molecule has 14 heavy (non-hydrogen) atoms. The van der Waals surface area contributed by atoms with Crippen molar-refractivity contribution in [3.8, 4) is 16.9 Å². The third kappa shape index (κ3) is 1.52. The van der Waals surface area contributed by atoms with Gasteiger partial charge in [0, 0.05) is 24.8 Å². The predicted molar refractivity (Wildman–Crippen MR) is 53.6 cm³/mol. The molecule has 0 unspecified atom stereocenters. The fourth-order valence-corrected chi connectivity index (χ4v) is 2.00. The monoisotopic (exact) mass is 204 g/mol. The van der Waals surface area contributed by atoms with E-state index in [1.54, 1.807) is 6.20 Å². The first-order valence-electron chi connectivity index (χ1n) is 4.10. The minimum Gasteiger partial charge on any atom is -0.332 e. The standard InChI is InChI=1S/C9H8N4S/c1-13-5-4-11-8(13)9-12-7(2-3-10)6-14-9/h4-6H,2H2,1H3. The Kier molecular flexibility index (Phi) is 2.29. The smallest absolute Gasteiger partial charge is 0.168 e. The average Bonchev–Trinajstić information content (AvgIpc) is 2.74. The maximum atomic E-state index is 8.51. The van der Waals surface area contributed by atoms with E-state index in [1.807, 2.05) is 23.2 Å². The van der Waals surface area contributed by atoms with Crippen molar-refractivity contribution in [3.63, 3.8) is 0 Å². The van der Waals surface area contributed by atoms with Crippen LogP contribution in [0.1, 0.15) is 5.69 Å². The summed E-state index contributed by atoms with van der Waals surface area (Å²) in [6, 6.07) is 2.07. The molecule has 0 atom stereocenters. The molecule has 0 aliphatic heterocycles. The van der Waals surface area contributed by atoms with E-state index >= 15 is 0 Å². The molecule has 0 spiro atoms. The lowest BCUT2D eigenvalue weighted by atomic mass is 10.4. The summed E-state index contributed by atoms with van der Waals surface area (Å²) in [5, 5.41) is 11.3. The van der Waals surface area contributed by atoms with Crippen molar-refractivity contribution < 1.29 is 0 Å². The van der Waals surface area contributed by atoms with E-state index in [2.05, 4.69) is 16.0 Å². The van der Waals surface area contributed by atoms with Gasteiger partial charge in [-0.05, 0) is 0 Å². The minimum absolute atomic E-state index is 0.362. The van der Waals surface area contributed by atoms with Crippen LogP contribution in [-0.4, -0.2) is 14.5 Å². The first-order chi connectivity index (χ1) is 6.81. The van der Waals surface area contributed by atoms with Crippen molar-refractivity contribution in [1.29, 1.82) is 5.26 Å². The number of nitriles is 1. The molecular formula is C9H8N4S. The van der Waals surface area contributed by atoms with Crippen LogP contribution in [-0.2, 0) is 13.5 Å². The highest BCUT2D eigenvalue weighted by molar-refractivity contribution is 7.13. The van der Waals surface area contributed by atoms with E-state index in [-0.39, 0.29) is 0 Å². The SMILES string of the molecule is Cn1ccnc1-c1nc(CC#N)cs1. The van der Waals surface area contributed by atoms with Gasteiger partial charge in [0.15, 0.2) is 10.8 Å². The molecule has 5 heteroatoms. The van der Waals surface area contributed by atoms with Crippen molar-refractivity contribution in [2.75, 3.05) is 0 Å². The Bertz CT molecular complexity index is 477. The van der Waals surface area contributed by atoms with Crippen molar-refractivity contribution in [2.45, 2.75) is 6.42 Å². The molecule has 0 saturated heterocycles. The van der Waals surface area contributed by atoms with Crippen LogP contribution in [0.5, 0.6) is 0 Å². The molecule has 0 aromatic carbocycles. The number of aryl methyl sites for hydroxylation is 1. The first-order valence-corrected chi connectivity index (χ1v) is 4.98. The van der Waals surface area contributed by atoms with Crippen LogP contribution in [0.2, 0.25) is 0 Å². The lowest BCUT2D eigenvalue weighted by Gasteiger charge is -1.94. The molecule has 70 valence electrons. The van der Waals surface area contributed by atoms with Gasteiger partial charge in [0.25, 0.3) is 0 Å². The van der Waals surface area contributed by atoms with Gasteiger partial charge < -0.3 is 4.57 Å². The summed E-state index contributed by atoms with van der Waals surface area (Å²) in [5.74, 6) is 0.846. The average molecular weight is 204 g/mol. The van der Waals surface area contributed by atoms with Crippen LogP contribution in [0.15, 0.2) is 17.8 Å². The molecule has 0 amide bonds. The number of imidazole rings is 1. The second-order valence-corrected chi connectivity index (χ2v) is 3.70. The second-order valence-electron chi connectivity index (χ2n) is 2.84. The number of nitrogens with zero attached hydrogens (tertiary/aromatic N) is 4. The Labute approximate surface area is 85.5 Å². The molecule has 2 aromatic heterocycles. The second kappa shape index (κ2) is 3.60. The quantitative estimate of drug-likeness (QED) is 0.746. The van der Waals surface area contributed by atoms with E-state index in [0.29, 0.717) is 6.42 Å². The molecule has 0 saturated carbocycles. The zero-order valence-electron chi connectivity index (χ0n) is 7.64. The van der Waals surface area contributed by atoms with Crippen molar-refractivity contribution >= 4 is 11.3 Å². The molecule has 2 heterocycles. The Morgan fingerprint density at radius 1 is 1.64 bits per heavy atom. The predicted octanol–water partition coefficient (Wildman–Crippen LogP) is 1.61. The van der Waals surface area contributed by atoms with Gasteiger partial charge >= 0.3 is 0 Å². The molecule has 2 aromatic rings. The molecule has 0 fully saturated rings. The maximum Gasteiger partial charge on any atom is 0.168 e. The largest absolute Gasteiger partial charge is 0.332 e. The van der Waals surface area contributed by atoms with Crippen molar-refractivity contribution in [3.05, 3.63) is 23.5 Å². The highest BCUT2D eigenvalue weighted by Crippen LogP contribution is 2.21. The summed E-state index contributed by atoms with van der Waals surface area (Å²) in [5.41, 5.74) is 0.815. The number of aromatic nitrogens is 3. The first kappa shape index (κ1) is 8.91. The maximum absolute atomic E-state index is 8.51. The van der Waals surface area contributed by atoms with Gasteiger partial charge in [-0.3, -0.25) is 0 Å². The summed E-state index contributed by atoms with van der Waals surface area (Å²) in [7, 11) is 1.92. The Morgan fingerprint density at radius 2 is 2.50 bits per heavy atom. The Hall–Kier alpha value is -1.67. The summed E-state index contributed by atoms with van der Waals surface area (Å²) in [4.78, 5) is 8.50. The molecule has 0 N–H and O–H groups in total. The van der Waals surface area contributed by atoms with E-state index in [0.717, 1.165) is 16.5 Å². The number of hydrogen-bond donors (Lipinski definition) is 0. The number of rotatable bonds is 2. The molecule has 2 rings (SSSR count). The molecule has 0 aliphatic carbocycles. The molecule has 0 radical (unpaired) electrons. The van der Waals surface area contributed by atoms with Crippen LogP contribution in [0.4, 0.5) is 0 Å². The van der Waals surface area contributed by atoms with Crippen LogP contribution >= 0.6 is 11.3 Å². The van der Waals surface area contributed by atoms with Gasteiger partial charge in [-0.1, -0.05) is 0 Å². The third-order valence-electron chi connectivity index (χ3n) is 1.82. The van der Waals surface area contributed by atoms with Crippen LogP contribution < -0.4 is 0 Å². The molecule has 0 aliphatic rings. The summed E-state index contributed by atoms with van der Waals surface area (Å²) < 4.78 is 1.91. The topological polar surface area (TPSA) is 54.5 Å². The van der Waals surface area contributed by atoms with E-state index < -0.39 is 0 Å². The molecular weight excluding hydrogens is 196 g/mol. The zero-order chi connectivity index (χ0) is 9.97. The van der Waals surface area contributed by atoms with E-state index in [9.17, 15) is 0 Å². The molecule has 0 bridgehead atoms. The third-order valence-corrected chi connectivity index (χ3v) is 2.71. The number of hydrogen-bond acceptors (Lipinski definition) is 4. The minimum atomic E-state index is 0.362. The van der Waals surface area contributed by atoms with Gasteiger partial charge in [-0.2, -0.15) is 5.26 Å². The Balaban J connectivity index is 2.35. The van der Waals surface area contributed by atoms with Crippen LogP contribution in [0.25, 0.3) is 10.8 Å².